The second kappa shape index (κ2) is 7.21. The van der Waals surface area contributed by atoms with Crippen LogP contribution in [-0.2, 0) is 14.6 Å². The maximum Gasteiger partial charge on any atom is 0.150 e. The molecule has 6 heteroatoms. The molecule has 1 saturated heterocycles. The Morgan fingerprint density at radius 1 is 1.28 bits per heavy atom. The molecule has 0 amide bonds. The second-order valence-electron chi connectivity index (χ2n) is 5.05. The summed E-state index contributed by atoms with van der Waals surface area (Å²) in [6.45, 7) is 3.88. The monoisotopic (exact) mass is 276 g/mol. The van der Waals surface area contributed by atoms with Crippen molar-refractivity contribution in [2.75, 3.05) is 31.1 Å². The molecule has 0 unspecified atom stereocenters. The smallest absolute Gasteiger partial charge is 0.150 e. The van der Waals surface area contributed by atoms with Crippen molar-refractivity contribution in [3.63, 3.8) is 0 Å². The lowest BCUT2D eigenvalue weighted by molar-refractivity contribution is -0.120. The number of ketones is 1. The summed E-state index contributed by atoms with van der Waals surface area (Å²) in [6.07, 6.45) is 2.59. The molecule has 1 heterocycles. The van der Waals surface area contributed by atoms with E-state index in [2.05, 4.69) is 4.90 Å². The van der Waals surface area contributed by atoms with Gasteiger partial charge in [-0.15, -0.1) is 0 Å². The topological polar surface area (TPSA) is 80.5 Å². The lowest BCUT2D eigenvalue weighted by atomic mass is 10.1. The SMILES string of the molecule is CCCS(=O)(=O)CCC(=O)CN1CCC(N)CC1. The fourth-order valence-electron chi connectivity index (χ4n) is 2.12. The molecule has 0 saturated carbocycles. The summed E-state index contributed by atoms with van der Waals surface area (Å²) in [4.78, 5) is 13.8. The Morgan fingerprint density at radius 3 is 2.44 bits per heavy atom. The minimum absolute atomic E-state index is 0.00692. The summed E-state index contributed by atoms with van der Waals surface area (Å²) in [5.41, 5.74) is 5.79. The second-order valence-corrected chi connectivity index (χ2v) is 7.36. The summed E-state index contributed by atoms with van der Waals surface area (Å²) in [5.74, 6) is 0.191. The van der Waals surface area contributed by atoms with Gasteiger partial charge in [-0.1, -0.05) is 6.92 Å². The van der Waals surface area contributed by atoms with Gasteiger partial charge in [0, 0.05) is 31.3 Å². The van der Waals surface area contributed by atoms with Crippen LogP contribution in [-0.4, -0.2) is 56.3 Å². The van der Waals surface area contributed by atoms with Crippen molar-refractivity contribution in [2.24, 2.45) is 5.73 Å². The highest BCUT2D eigenvalue weighted by Gasteiger charge is 2.19. The van der Waals surface area contributed by atoms with E-state index in [4.69, 9.17) is 5.73 Å². The summed E-state index contributed by atoms with van der Waals surface area (Å²) in [7, 11) is -3.04. The van der Waals surface area contributed by atoms with Crippen LogP contribution in [0.2, 0.25) is 0 Å². The first-order valence-electron chi connectivity index (χ1n) is 6.63. The Hall–Kier alpha value is -0.460. The highest BCUT2D eigenvalue weighted by atomic mass is 32.2. The van der Waals surface area contributed by atoms with Crippen LogP contribution in [0.3, 0.4) is 0 Å². The quantitative estimate of drug-likeness (QED) is 0.718. The number of carbonyl (C=O) groups is 1. The van der Waals surface area contributed by atoms with Gasteiger partial charge in [0.15, 0.2) is 9.84 Å². The van der Waals surface area contributed by atoms with Crippen molar-refractivity contribution in [2.45, 2.75) is 38.6 Å². The Bertz CT molecular complexity index is 360. The first-order chi connectivity index (χ1) is 8.43. The summed E-state index contributed by atoms with van der Waals surface area (Å²) < 4.78 is 23.0. The molecule has 0 bridgehead atoms. The molecule has 0 aromatic rings. The Balaban J connectivity index is 2.25. The van der Waals surface area contributed by atoms with E-state index in [0.29, 0.717) is 13.0 Å². The molecule has 1 fully saturated rings. The third kappa shape index (κ3) is 5.93. The highest BCUT2D eigenvalue weighted by molar-refractivity contribution is 7.91. The number of likely N-dealkylation sites (tertiary alicyclic amines) is 1. The van der Waals surface area contributed by atoms with E-state index in [0.717, 1.165) is 25.9 Å². The molecular formula is C12H24N2O3S. The summed E-state index contributed by atoms with van der Waals surface area (Å²) >= 11 is 0. The van der Waals surface area contributed by atoms with Crippen molar-refractivity contribution in [1.29, 1.82) is 0 Å². The lowest BCUT2D eigenvalue weighted by Crippen LogP contribution is -2.42. The van der Waals surface area contributed by atoms with Gasteiger partial charge in [0.05, 0.1) is 12.3 Å². The standard InChI is InChI=1S/C12H24N2O3S/c1-2-8-18(16,17)9-5-12(15)10-14-6-3-11(13)4-7-14/h11H,2-10,13H2,1H3. The summed E-state index contributed by atoms with van der Waals surface area (Å²) in [5, 5.41) is 0. The molecular weight excluding hydrogens is 252 g/mol. The van der Waals surface area contributed by atoms with Gasteiger partial charge >= 0.3 is 0 Å². The highest BCUT2D eigenvalue weighted by Crippen LogP contribution is 2.08. The fraction of sp³-hybridized carbons (Fsp3) is 0.917. The van der Waals surface area contributed by atoms with Gasteiger partial charge < -0.3 is 5.73 Å². The fourth-order valence-corrected chi connectivity index (χ4v) is 3.49. The molecule has 1 aliphatic rings. The van der Waals surface area contributed by atoms with Crippen LogP contribution in [0.5, 0.6) is 0 Å². The van der Waals surface area contributed by atoms with Crippen LogP contribution in [0, 0.1) is 0 Å². The van der Waals surface area contributed by atoms with Crippen LogP contribution in [0.4, 0.5) is 0 Å². The van der Waals surface area contributed by atoms with Gasteiger partial charge in [0.25, 0.3) is 0 Å². The number of hydrogen-bond acceptors (Lipinski definition) is 5. The Kier molecular flexibility index (Phi) is 6.25. The molecule has 0 atom stereocenters. The first-order valence-corrected chi connectivity index (χ1v) is 8.45. The first kappa shape index (κ1) is 15.6. The average molecular weight is 276 g/mol. The van der Waals surface area contributed by atoms with Crippen molar-refractivity contribution >= 4 is 15.6 Å². The van der Waals surface area contributed by atoms with Crippen LogP contribution >= 0.6 is 0 Å². The molecule has 0 aromatic carbocycles. The van der Waals surface area contributed by atoms with Gasteiger partial charge in [-0.3, -0.25) is 9.69 Å². The van der Waals surface area contributed by atoms with E-state index in [1.807, 2.05) is 6.92 Å². The number of hydrogen-bond donors (Lipinski definition) is 1. The predicted octanol–water partition coefficient (Wildman–Crippen LogP) is 0.194. The van der Waals surface area contributed by atoms with E-state index in [1.165, 1.54) is 0 Å². The van der Waals surface area contributed by atoms with E-state index >= 15 is 0 Å². The zero-order valence-corrected chi connectivity index (χ0v) is 11.9. The Morgan fingerprint density at radius 2 is 1.89 bits per heavy atom. The zero-order valence-electron chi connectivity index (χ0n) is 11.1. The minimum atomic E-state index is -3.04. The molecule has 0 radical (unpaired) electrons. The largest absolute Gasteiger partial charge is 0.328 e. The molecule has 106 valence electrons. The normalized spacial score (nSPS) is 19.0. The van der Waals surface area contributed by atoms with Gasteiger partial charge in [-0.25, -0.2) is 8.42 Å². The van der Waals surface area contributed by atoms with Crippen molar-refractivity contribution < 1.29 is 13.2 Å². The van der Waals surface area contributed by atoms with Crippen LogP contribution in [0.1, 0.15) is 32.6 Å². The van der Waals surface area contributed by atoms with Crippen LogP contribution in [0.15, 0.2) is 0 Å². The molecule has 0 aromatic heterocycles. The van der Waals surface area contributed by atoms with E-state index in [-0.39, 0.29) is 29.8 Å². The van der Waals surface area contributed by atoms with Crippen molar-refractivity contribution in [3.8, 4) is 0 Å². The maximum atomic E-state index is 11.7. The number of sulfone groups is 1. The van der Waals surface area contributed by atoms with E-state index in [1.54, 1.807) is 0 Å². The number of carbonyl (C=O) groups excluding carboxylic acids is 1. The summed E-state index contributed by atoms with van der Waals surface area (Å²) in [6, 6.07) is 0.251. The van der Waals surface area contributed by atoms with Crippen LogP contribution in [0.25, 0.3) is 0 Å². The molecule has 5 nitrogen and oxygen atoms in total. The maximum absolute atomic E-state index is 11.7. The minimum Gasteiger partial charge on any atom is -0.328 e. The van der Waals surface area contributed by atoms with Gasteiger partial charge in [-0.05, 0) is 19.3 Å². The lowest BCUT2D eigenvalue weighted by Gasteiger charge is -2.29. The number of rotatable bonds is 7. The van der Waals surface area contributed by atoms with Crippen molar-refractivity contribution in [3.05, 3.63) is 0 Å². The van der Waals surface area contributed by atoms with Gasteiger partial charge in [0.2, 0.25) is 0 Å². The molecule has 1 aliphatic heterocycles. The van der Waals surface area contributed by atoms with E-state index in [9.17, 15) is 13.2 Å². The molecule has 0 spiro atoms. The third-order valence-corrected chi connectivity index (χ3v) is 5.10. The predicted molar refractivity (Wildman–Crippen MR) is 72.2 cm³/mol. The molecule has 2 N–H and O–H groups in total. The average Bonchev–Trinajstić information content (AvgIpc) is 2.30. The van der Waals surface area contributed by atoms with Gasteiger partial charge in [0.1, 0.15) is 5.78 Å². The third-order valence-electron chi connectivity index (χ3n) is 3.24. The van der Waals surface area contributed by atoms with E-state index < -0.39 is 9.84 Å². The van der Waals surface area contributed by atoms with Crippen molar-refractivity contribution in [1.82, 2.24) is 4.90 Å². The zero-order chi connectivity index (χ0) is 13.6. The molecule has 18 heavy (non-hydrogen) atoms. The number of nitrogens with two attached hydrogens (primary N) is 1. The Labute approximate surface area is 110 Å². The molecule has 0 aliphatic carbocycles. The number of Topliss-reactive ketones (excluding diaryl/α,β-unsaturated/α-hetero) is 1. The molecule has 1 rings (SSSR count). The van der Waals surface area contributed by atoms with Gasteiger partial charge in [-0.2, -0.15) is 0 Å². The van der Waals surface area contributed by atoms with Crippen LogP contribution < -0.4 is 5.73 Å². The number of nitrogens with zero attached hydrogens (tertiary/aromatic N) is 1. The number of piperidine rings is 1.